The number of carbonyl (C=O) groups is 1. The minimum absolute atomic E-state index is 0.0243. The molecule has 0 saturated heterocycles. The molecule has 3 nitrogen and oxygen atoms in total. The van der Waals surface area contributed by atoms with Gasteiger partial charge in [0.15, 0.2) is 0 Å². The molecule has 11 heavy (non-hydrogen) atoms. The molecule has 2 unspecified atom stereocenters. The summed E-state index contributed by atoms with van der Waals surface area (Å²) in [5, 5.41) is 0. The Morgan fingerprint density at radius 1 is 1.45 bits per heavy atom. The van der Waals surface area contributed by atoms with Crippen LogP contribution in [0.25, 0.3) is 0 Å². The molecule has 1 fully saturated rings. The van der Waals surface area contributed by atoms with E-state index in [4.69, 9.17) is 5.73 Å². The third-order valence-corrected chi connectivity index (χ3v) is 2.32. The highest BCUT2D eigenvalue weighted by Crippen LogP contribution is 2.23. The van der Waals surface area contributed by atoms with Gasteiger partial charge in [-0.1, -0.05) is 12.8 Å². The molecule has 64 valence electrons. The van der Waals surface area contributed by atoms with Gasteiger partial charge < -0.3 is 10.5 Å². The van der Waals surface area contributed by atoms with E-state index in [2.05, 4.69) is 4.74 Å². The van der Waals surface area contributed by atoms with Gasteiger partial charge in [0.05, 0.1) is 13.0 Å². The maximum Gasteiger partial charge on any atom is 0.310 e. The topological polar surface area (TPSA) is 52.3 Å². The van der Waals surface area contributed by atoms with Crippen LogP contribution < -0.4 is 5.73 Å². The molecular formula is C8H15NO2. The van der Waals surface area contributed by atoms with Gasteiger partial charge in [0.1, 0.15) is 0 Å². The van der Waals surface area contributed by atoms with Gasteiger partial charge in [-0.05, 0) is 12.8 Å². The van der Waals surface area contributed by atoms with Crippen molar-refractivity contribution in [2.75, 3.05) is 7.11 Å². The highest BCUT2D eigenvalue weighted by molar-refractivity contribution is 5.73. The van der Waals surface area contributed by atoms with Crippen LogP contribution in [0.5, 0.6) is 0 Å². The number of ether oxygens (including phenoxy) is 1. The summed E-state index contributed by atoms with van der Waals surface area (Å²) in [6, 6.07) is 0.0243. The molecule has 0 radical (unpaired) electrons. The Labute approximate surface area is 66.9 Å². The van der Waals surface area contributed by atoms with Crippen LogP contribution in [-0.4, -0.2) is 19.1 Å². The molecular weight excluding hydrogens is 142 g/mol. The smallest absolute Gasteiger partial charge is 0.310 e. The summed E-state index contributed by atoms with van der Waals surface area (Å²) in [7, 11) is 1.42. The number of nitrogens with two attached hydrogens (primary N) is 1. The first kappa shape index (κ1) is 8.53. The van der Waals surface area contributed by atoms with Crippen LogP contribution in [0.4, 0.5) is 0 Å². The highest BCUT2D eigenvalue weighted by Gasteiger charge is 2.28. The van der Waals surface area contributed by atoms with E-state index in [-0.39, 0.29) is 17.9 Å². The molecule has 0 bridgehead atoms. The number of hydrogen-bond donors (Lipinski definition) is 1. The normalized spacial score (nSPS) is 31.5. The van der Waals surface area contributed by atoms with E-state index in [9.17, 15) is 4.79 Å². The van der Waals surface area contributed by atoms with Crippen LogP contribution in [-0.2, 0) is 9.53 Å². The van der Waals surface area contributed by atoms with Gasteiger partial charge in [-0.2, -0.15) is 0 Å². The van der Waals surface area contributed by atoms with Gasteiger partial charge in [-0.3, -0.25) is 4.79 Å². The zero-order chi connectivity index (χ0) is 8.27. The number of rotatable bonds is 1. The average molecular weight is 157 g/mol. The van der Waals surface area contributed by atoms with Crippen molar-refractivity contribution in [3.8, 4) is 0 Å². The molecule has 1 rings (SSSR count). The molecule has 0 aromatic rings. The standard InChI is InChI=1S/C8H15NO2/c1-11-8(10)6-4-2-3-5-7(6)9/h6-7H,2-5,9H2,1H3. The molecule has 1 aliphatic rings. The molecule has 0 amide bonds. The number of carbonyl (C=O) groups excluding carboxylic acids is 1. The van der Waals surface area contributed by atoms with Crippen LogP contribution in [0.3, 0.4) is 0 Å². The average Bonchev–Trinajstić information content (AvgIpc) is 2.04. The summed E-state index contributed by atoms with van der Waals surface area (Å²) in [4.78, 5) is 11.1. The monoisotopic (exact) mass is 157 g/mol. The van der Waals surface area contributed by atoms with E-state index in [1.165, 1.54) is 7.11 Å². The van der Waals surface area contributed by atoms with Crippen LogP contribution in [0.2, 0.25) is 0 Å². The van der Waals surface area contributed by atoms with Gasteiger partial charge in [0.2, 0.25) is 0 Å². The first-order valence-electron chi connectivity index (χ1n) is 4.09. The van der Waals surface area contributed by atoms with Gasteiger partial charge in [-0.15, -0.1) is 0 Å². The van der Waals surface area contributed by atoms with Crippen LogP contribution in [0.1, 0.15) is 25.7 Å². The Balaban J connectivity index is 2.47. The Morgan fingerprint density at radius 3 is 2.64 bits per heavy atom. The molecule has 1 saturated carbocycles. The Hall–Kier alpha value is -0.570. The Morgan fingerprint density at radius 2 is 2.09 bits per heavy atom. The van der Waals surface area contributed by atoms with Crippen molar-refractivity contribution in [1.29, 1.82) is 0 Å². The Kier molecular flexibility index (Phi) is 2.88. The summed E-state index contributed by atoms with van der Waals surface area (Å²) < 4.78 is 4.64. The van der Waals surface area contributed by atoms with E-state index in [1.54, 1.807) is 0 Å². The van der Waals surface area contributed by atoms with Crippen molar-refractivity contribution in [1.82, 2.24) is 0 Å². The zero-order valence-electron chi connectivity index (χ0n) is 6.88. The van der Waals surface area contributed by atoms with Crippen molar-refractivity contribution < 1.29 is 9.53 Å². The number of methoxy groups -OCH3 is 1. The van der Waals surface area contributed by atoms with E-state index in [0.717, 1.165) is 25.7 Å². The van der Waals surface area contributed by atoms with Crippen molar-refractivity contribution in [2.45, 2.75) is 31.7 Å². The lowest BCUT2D eigenvalue weighted by atomic mass is 9.85. The Bertz CT molecular complexity index is 147. The van der Waals surface area contributed by atoms with E-state index >= 15 is 0 Å². The predicted molar refractivity (Wildman–Crippen MR) is 41.9 cm³/mol. The first-order chi connectivity index (χ1) is 5.25. The van der Waals surface area contributed by atoms with E-state index in [1.807, 2.05) is 0 Å². The largest absolute Gasteiger partial charge is 0.469 e. The lowest BCUT2D eigenvalue weighted by Gasteiger charge is -2.25. The molecule has 2 N–H and O–H groups in total. The number of hydrogen-bond acceptors (Lipinski definition) is 3. The van der Waals surface area contributed by atoms with Crippen LogP contribution in [0.15, 0.2) is 0 Å². The summed E-state index contributed by atoms with van der Waals surface area (Å²) in [6.07, 6.45) is 4.11. The molecule has 2 atom stereocenters. The second kappa shape index (κ2) is 3.72. The van der Waals surface area contributed by atoms with Crippen molar-refractivity contribution in [2.24, 2.45) is 11.7 Å². The summed E-state index contributed by atoms with van der Waals surface area (Å²) in [5.74, 6) is -0.189. The van der Waals surface area contributed by atoms with E-state index in [0.29, 0.717) is 0 Å². The lowest BCUT2D eigenvalue weighted by molar-refractivity contribution is -0.147. The van der Waals surface area contributed by atoms with Crippen LogP contribution in [0, 0.1) is 5.92 Å². The molecule has 0 heterocycles. The van der Waals surface area contributed by atoms with Crippen molar-refractivity contribution in [3.05, 3.63) is 0 Å². The summed E-state index contributed by atoms with van der Waals surface area (Å²) in [6.45, 7) is 0. The van der Waals surface area contributed by atoms with Gasteiger partial charge in [0, 0.05) is 6.04 Å². The number of esters is 1. The van der Waals surface area contributed by atoms with Gasteiger partial charge >= 0.3 is 5.97 Å². The second-order valence-electron chi connectivity index (χ2n) is 3.08. The van der Waals surface area contributed by atoms with Gasteiger partial charge in [0.25, 0.3) is 0 Å². The molecule has 1 aliphatic carbocycles. The van der Waals surface area contributed by atoms with Crippen LogP contribution >= 0.6 is 0 Å². The molecule has 0 spiro atoms. The molecule has 0 aliphatic heterocycles. The maximum atomic E-state index is 11.1. The quantitative estimate of drug-likeness (QED) is 0.569. The third kappa shape index (κ3) is 1.93. The fourth-order valence-corrected chi connectivity index (χ4v) is 1.60. The summed E-state index contributed by atoms with van der Waals surface area (Å²) >= 11 is 0. The minimum atomic E-state index is -0.141. The molecule has 3 heteroatoms. The van der Waals surface area contributed by atoms with Crippen molar-refractivity contribution >= 4 is 5.97 Å². The van der Waals surface area contributed by atoms with E-state index < -0.39 is 0 Å². The predicted octanol–water partition coefficient (Wildman–Crippen LogP) is 0.677. The lowest BCUT2D eigenvalue weighted by Crippen LogP contribution is -2.38. The minimum Gasteiger partial charge on any atom is -0.469 e. The third-order valence-electron chi connectivity index (χ3n) is 2.32. The maximum absolute atomic E-state index is 11.1. The fourth-order valence-electron chi connectivity index (χ4n) is 1.60. The van der Waals surface area contributed by atoms with Crippen molar-refractivity contribution in [3.63, 3.8) is 0 Å². The molecule has 0 aromatic heterocycles. The van der Waals surface area contributed by atoms with Gasteiger partial charge in [-0.25, -0.2) is 0 Å². The summed E-state index contributed by atoms with van der Waals surface area (Å²) in [5.41, 5.74) is 5.75. The first-order valence-corrected chi connectivity index (χ1v) is 4.09. The zero-order valence-corrected chi connectivity index (χ0v) is 6.88. The fraction of sp³-hybridized carbons (Fsp3) is 0.875. The SMILES string of the molecule is COC(=O)C1CCCCC1N. The highest BCUT2D eigenvalue weighted by atomic mass is 16.5. The second-order valence-corrected chi connectivity index (χ2v) is 3.08. The molecule has 0 aromatic carbocycles.